The zero-order valence-electron chi connectivity index (χ0n) is 15.0. The summed E-state index contributed by atoms with van der Waals surface area (Å²) in [6.07, 6.45) is 3.37. The van der Waals surface area contributed by atoms with E-state index in [0.29, 0.717) is 22.8 Å². The number of thiocarbonyl (C=S) groups is 1. The van der Waals surface area contributed by atoms with Crippen LogP contribution in [-0.2, 0) is 9.59 Å². The van der Waals surface area contributed by atoms with E-state index in [1.165, 1.54) is 6.08 Å². The maximum absolute atomic E-state index is 12.0. The molecule has 5 nitrogen and oxygen atoms in total. The predicted octanol–water partition coefficient (Wildman–Crippen LogP) is 4.52. The monoisotopic (exact) mass is 401 g/mol. The molecular weight excluding hydrogens is 382 g/mol. The van der Waals surface area contributed by atoms with Crippen LogP contribution in [0.3, 0.4) is 0 Å². The highest BCUT2D eigenvalue weighted by atomic mass is 35.5. The average molecular weight is 402 g/mol. The minimum atomic E-state index is -0.376. The van der Waals surface area contributed by atoms with Crippen molar-refractivity contribution in [3.05, 3.63) is 64.7 Å². The molecule has 27 heavy (non-hydrogen) atoms. The lowest BCUT2D eigenvalue weighted by Crippen LogP contribution is -2.32. The van der Waals surface area contributed by atoms with Crippen molar-refractivity contribution in [3.8, 4) is 0 Å². The Morgan fingerprint density at radius 2 is 1.89 bits per heavy atom. The van der Waals surface area contributed by atoms with E-state index in [4.69, 9.17) is 23.8 Å². The molecule has 0 radical (unpaired) electrons. The second-order valence-corrected chi connectivity index (χ2v) is 6.55. The molecule has 0 bridgehead atoms. The predicted molar refractivity (Wildman–Crippen MR) is 115 cm³/mol. The minimum absolute atomic E-state index is 0.0733. The second kappa shape index (κ2) is 9.85. The summed E-state index contributed by atoms with van der Waals surface area (Å²) in [6.45, 7) is 3.68. The molecule has 0 saturated carbocycles. The van der Waals surface area contributed by atoms with E-state index >= 15 is 0 Å². The van der Waals surface area contributed by atoms with E-state index in [2.05, 4.69) is 16.0 Å². The Morgan fingerprint density at radius 1 is 1.15 bits per heavy atom. The van der Waals surface area contributed by atoms with Crippen LogP contribution < -0.4 is 16.0 Å². The summed E-state index contributed by atoms with van der Waals surface area (Å²) >= 11 is 11.2. The van der Waals surface area contributed by atoms with E-state index in [9.17, 15) is 9.59 Å². The van der Waals surface area contributed by atoms with Crippen LogP contribution in [-0.4, -0.2) is 16.9 Å². The quantitative estimate of drug-likeness (QED) is 0.508. The van der Waals surface area contributed by atoms with Gasteiger partial charge in [0.15, 0.2) is 5.11 Å². The minimum Gasteiger partial charge on any atom is -0.332 e. The normalized spacial score (nSPS) is 10.5. The molecule has 0 heterocycles. The van der Waals surface area contributed by atoms with Gasteiger partial charge in [0.25, 0.3) is 0 Å². The van der Waals surface area contributed by atoms with E-state index < -0.39 is 0 Å². The molecule has 0 aliphatic carbocycles. The SMILES string of the molecule is CCC(=O)Nc1cc(NC(=S)NC(=O)/C=C/c2ccccc2Cl)ccc1C. The van der Waals surface area contributed by atoms with Crippen molar-refractivity contribution >= 4 is 58.2 Å². The second-order valence-electron chi connectivity index (χ2n) is 5.73. The van der Waals surface area contributed by atoms with Gasteiger partial charge in [-0.25, -0.2) is 0 Å². The van der Waals surface area contributed by atoms with Crippen molar-refractivity contribution in [2.45, 2.75) is 20.3 Å². The van der Waals surface area contributed by atoms with Crippen LogP contribution in [0.4, 0.5) is 11.4 Å². The van der Waals surface area contributed by atoms with Crippen molar-refractivity contribution in [1.82, 2.24) is 5.32 Å². The number of nitrogens with one attached hydrogen (secondary N) is 3. The topological polar surface area (TPSA) is 70.2 Å². The Balaban J connectivity index is 1.97. The summed E-state index contributed by atoms with van der Waals surface area (Å²) in [5.74, 6) is -0.449. The number of carbonyl (C=O) groups is 2. The Morgan fingerprint density at radius 3 is 2.59 bits per heavy atom. The number of hydrogen-bond donors (Lipinski definition) is 3. The molecule has 0 unspecified atom stereocenters. The van der Waals surface area contributed by atoms with E-state index in [0.717, 1.165) is 11.1 Å². The van der Waals surface area contributed by atoms with Gasteiger partial charge in [0.2, 0.25) is 11.8 Å². The van der Waals surface area contributed by atoms with Crippen LogP contribution in [0.15, 0.2) is 48.5 Å². The summed E-state index contributed by atoms with van der Waals surface area (Å²) in [6, 6.07) is 12.6. The number of rotatable bonds is 5. The molecule has 2 amide bonds. The van der Waals surface area contributed by atoms with Crippen LogP contribution in [0.5, 0.6) is 0 Å². The highest BCUT2D eigenvalue weighted by Crippen LogP contribution is 2.20. The molecule has 140 valence electrons. The molecule has 0 saturated heterocycles. The average Bonchev–Trinajstić information content (AvgIpc) is 2.63. The Kier molecular flexibility index (Phi) is 7.52. The number of hydrogen-bond acceptors (Lipinski definition) is 3. The molecule has 0 aliphatic heterocycles. The molecule has 2 aromatic rings. The van der Waals surface area contributed by atoms with Crippen LogP contribution in [0.25, 0.3) is 6.08 Å². The zero-order valence-corrected chi connectivity index (χ0v) is 16.6. The number of halogens is 1. The summed E-state index contributed by atoms with van der Waals surface area (Å²) in [5.41, 5.74) is 3.02. The van der Waals surface area contributed by atoms with Crippen molar-refractivity contribution in [1.29, 1.82) is 0 Å². The lowest BCUT2D eigenvalue weighted by Gasteiger charge is -2.12. The highest BCUT2D eigenvalue weighted by molar-refractivity contribution is 7.80. The highest BCUT2D eigenvalue weighted by Gasteiger charge is 2.06. The van der Waals surface area contributed by atoms with Gasteiger partial charge in [0.05, 0.1) is 0 Å². The summed E-state index contributed by atoms with van der Waals surface area (Å²) in [4.78, 5) is 23.6. The molecule has 0 fully saturated rings. The van der Waals surface area contributed by atoms with Crippen molar-refractivity contribution in [2.24, 2.45) is 0 Å². The largest absolute Gasteiger partial charge is 0.332 e. The van der Waals surface area contributed by atoms with Crippen molar-refractivity contribution in [3.63, 3.8) is 0 Å². The molecular formula is C20H20ClN3O2S. The number of benzene rings is 2. The third-order valence-corrected chi connectivity index (χ3v) is 4.20. The van der Waals surface area contributed by atoms with E-state index in [1.54, 1.807) is 31.2 Å². The zero-order chi connectivity index (χ0) is 19.8. The Labute approximate surface area is 168 Å². The van der Waals surface area contributed by atoms with Gasteiger partial charge < -0.3 is 10.6 Å². The smallest absolute Gasteiger partial charge is 0.250 e. The third kappa shape index (κ3) is 6.51. The molecule has 0 aliphatic rings. The number of anilines is 2. The fourth-order valence-electron chi connectivity index (χ4n) is 2.16. The van der Waals surface area contributed by atoms with Gasteiger partial charge in [-0.1, -0.05) is 42.8 Å². The van der Waals surface area contributed by atoms with Gasteiger partial charge in [-0.3, -0.25) is 14.9 Å². The Bertz CT molecular complexity index is 897. The van der Waals surface area contributed by atoms with Crippen LogP contribution in [0.1, 0.15) is 24.5 Å². The first kappa shape index (κ1) is 20.6. The van der Waals surface area contributed by atoms with Gasteiger partial charge in [-0.15, -0.1) is 0 Å². The first-order valence-electron chi connectivity index (χ1n) is 8.34. The van der Waals surface area contributed by atoms with Gasteiger partial charge in [-0.2, -0.15) is 0 Å². The molecule has 7 heteroatoms. The lowest BCUT2D eigenvalue weighted by atomic mass is 10.1. The van der Waals surface area contributed by atoms with E-state index in [1.807, 2.05) is 31.2 Å². The molecule has 2 rings (SSSR count). The van der Waals surface area contributed by atoms with E-state index in [-0.39, 0.29) is 16.9 Å². The molecule has 3 N–H and O–H groups in total. The first-order chi connectivity index (χ1) is 12.9. The maximum Gasteiger partial charge on any atom is 0.250 e. The lowest BCUT2D eigenvalue weighted by molar-refractivity contribution is -0.116. The Hall–Kier alpha value is -2.70. The standard InChI is InChI=1S/C20H20ClN3O2S/c1-3-18(25)23-17-12-15(10-8-13(17)2)22-20(27)24-19(26)11-9-14-6-4-5-7-16(14)21/h4-12H,3H2,1-2H3,(H,23,25)(H2,22,24,26,27)/b11-9+. The fraction of sp³-hybridized carbons (Fsp3) is 0.150. The maximum atomic E-state index is 12.0. The number of carbonyl (C=O) groups excluding carboxylic acids is 2. The van der Waals surface area contributed by atoms with Crippen LogP contribution in [0.2, 0.25) is 5.02 Å². The number of aryl methyl sites for hydroxylation is 1. The summed E-state index contributed by atoms with van der Waals surface area (Å²) in [7, 11) is 0. The summed E-state index contributed by atoms with van der Waals surface area (Å²) in [5, 5.41) is 9.03. The van der Waals surface area contributed by atoms with Gasteiger partial charge in [-0.05, 0) is 54.5 Å². The molecule has 0 atom stereocenters. The molecule has 0 spiro atoms. The van der Waals surface area contributed by atoms with Gasteiger partial charge in [0, 0.05) is 28.9 Å². The first-order valence-corrected chi connectivity index (χ1v) is 9.12. The van der Waals surface area contributed by atoms with Crippen molar-refractivity contribution in [2.75, 3.05) is 10.6 Å². The van der Waals surface area contributed by atoms with Gasteiger partial charge >= 0.3 is 0 Å². The number of amides is 2. The summed E-state index contributed by atoms with van der Waals surface area (Å²) < 4.78 is 0. The van der Waals surface area contributed by atoms with Gasteiger partial charge in [0.1, 0.15) is 0 Å². The molecule has 0 aromatic heterocycles. The third-order valence-electron chi connectivity index (χ3n) is 3.65. The van der Waals surface area contributed by atoms with Crippen molar-refractivity contribution < 1.29 is 9.59 Å². The fourth-order valence-corrected chi connectivity index (χ4v) is 2.58. The van der Waals surface area contributed by atoms with Crippen LogP contribution in [0, 0.1) is 6.92 Å². The molecule has 2 aromatic carbocycles. The van der Waals surface area contributed by atoms with Crippen LogP contribution >= 0.6 is 23.8 Å².